The second-order valence-corrected chi connectivity index (χ2v) is 6.06. The Labute approximate surface area is 150 Å². The van der Waals surface area contributed by atoms with Gasteiger partial charge in [0.2, 0.25) is 0 Å². The van der Waals surface area contributed by atoms with Gasteiger partial charge in [0.05, 0.1) is 0 Å². The zero-order valence-corrected chi connectivity index (χ0v) is 14.1. The van der Waals surface area contributed by atoms with Crippen LogP contribution in [-0.2, 0) is 9.45 Å². The molecule has 1 aliphatic carbocycles. The number of Topliss-reactive ketones (excluding diaryl/α,β-unsaturated/α-hetero) is 1. The maximum Gasteiger partial charge on any atom is 0.796 e. The number of carbonyl (C=O) groups is 1. The molecule has 0 amide bonds. The molecule has 0 saturated heterocycles. The van der Waals surface area contributed by atoms with Crippen molar-refractivity contribution in [2.45, 2.75) is 19.3 Å². The van der Waals surface area contributed by atoms with Crippen LogP contribution in [0, 0.1) is 5.82 Å². The Morgan fingerprint density at radius 1 is 1.08 bits per heavy atom. The molecule has 0 bridgehead atoms. The fraction of sp³-hybridized carbons (Fsp3) is 0.150. The van der Waals surface area contributed by atoms with Gasteiger partial charge in [0, 0.05) is 11.5 Å². The van der Waals surface area contributed by atoms with E-state index in [-0.39, 0.29) is 22.9 Å². The average molecular weight is 356 g/mol. The third-order valence-corrected chi connectivity index (χ3v) is 4.36. The summed E-state index contributed by atoms with van der Waals surface area (Å²) in [6, 6.07) is 15.0. The minimum Gasteiger partial charge on any atom is -0.505 e. The minimum atomic E-state index is -3.04. The summed E-state index contributed by atoms with van der Waals surface area (Å²) in [4.78, 5) is 12.2. The van der Waals surface area contributed by atoms with E-state index in [0.717, 1.165) is 5.56 Å². The molecule has 26 heavy (non-hydrogen) atoms. The highest BCUT2D eigenvalue weighted by atomic mass is 19.2. The second kappa shape index (κ2) is 7.64. The number of allylic oxidation sites excluding steroid dienone is 3. The molecule has 0 saturated carbocycles. The van der Waals surface area contributed by atoms with Crippen LogP contribution < -0.4 is 0 Å². The third-order valence-electron chi connectivity index (χ3n) is 4.36. The predicted molar refractivity (Wildman–Crippen MR) is 94.9 cm³/mol. The van der Waals surface area contributed by atoms with E-state index in [1.165, 1.54) is 25.1 Å². The molecule has 6 heteroatoms. The predicted octanol–water partition coefficient (Wildman–Crippen LogP) is 5.18. The Morgan fingerprint density at radius 3 is 2.31 bits per heavy atom. The Bertz CT molecular complexity index is 858. The number of benzene rings is 2. The summed E-state index contributed by atoms with van der Waals surface area (Å²) in [5.41, 5.74) is 2.47. The maximum atomic E-state index is 13.2. The maximum absolute atomic E-state index is 13.2. The smallest absolute Gasteiger partial charge is 0.505 e. The van der Waals surface area contributed by atoms with Crippen molar-refractivity contribution in [2.24, 2.45) is 0 Å². The van der Waals surface area contributed by atoms with Crippen LogP contribution in [0.3, 0.4) is 0 Å². The van der Waals surface area contributed by atoms with E-state index in [0.29, 0.717) is 17.6 Å². The standard InChI is InChI=1S/C20H16BF3O2/c1-13(25)20-18(15-5-3-2-4-6-15)11-16(12-19(20)26-21(23)24)14-7-9-17(22)10-8-14/h2-10,12,18H,11H2,1H3/t18-/m0/s1. The summed E-state index contributed by atoms with van der Waals surface area (Å²) >= 11 is 0. The Balaban J connectivity index is 2.13. The van der Waals surface area contributed by atoms with Crippen LogP contribution in [0.25, 0.3) is 5.57 Å². The van der Waals surface area contributed by atoms with E-state index in [4.69, 9.17) is 0 Å². The number of hydrogen-bond donors (Lipinski definition) is 0. The van der Waals surface area contributed by atoms with E-state index >= 15 is 0 Å². The number of hydrogen-bond acceptors (Lipinski definition) is 2. The molecule has 0 aliphatic heterocycles. The van der Waals surface area contributed by atoms with E-state index < -0.39 is 13.4 Å². The normalized spacial score (nSPS) is 16.9. The molecule has 3 rings (SSSR count). The molecule has 0 fully saturated rings. The summed E-state index contributed by atoms with van der Waals surface area (Å²) in [5, 5.41) is 0. The van der Waals surface area contributed by atoms with Crippen LogP contribution in [0.15, 0.2) is 72.0 Å². The van der Waals surface area contributed by atoms with Gasteiger partial charge in [0.1, 0.15) is 11.6 Å². The molecule has 0 unspecified atom stereocenters. The Kier molecular flexibility index (Phi) is 5.31. The highest BCUT2D eigenvalue weighted by Crippen LogP contribution is 2.41. The van der Waals surface area contributed by atoms with Crippen LogP contribution in [0.4, 0.5) is 13.0 Å². The van der Waals surface area contributed by atoms with Gasteiger partial charge in [-0.2, -0.15) is 0 Å². The molecule has 132 valence electrons. The lowest BCUT2D eigenvalue weighted by Gasteiger charge is -2.27. The Hall–Kier alpha value is -2.76. The zero-order chi connectivity index (χ0) is 18.7. The highest BCUT2D eigenvalue weighted by Gasteiger charge is 2.32. The van der Waals surface area contributed by atoms with Crippen LogP contribution in [0.1, 0.15) is 30.4 Å². The van der Waals surface area contributed by atoms with E-state index in [1.807, 2.05) is 30.3 Å². The van der Waals surface area contributed by atoms with Gasteiger partial charge in [-0.3, -0.25) is 4.79 Å². The third kappa shape index (κ3) is 3.90. The number of halogens is 3. The van der Waals surface area contributed by atoms with E-state index in [2.05, 4.69) is 4.65 Å². The van der Waals surface area contributed by atoms with Gasteiger partial charge in [-0.05, 0) is 48.3 Å². The first-order valence-corrected chi connectivity index (χ1v) is 8.17. The quantitative estimate of drug-likeness (QED) is 0.690. The lowest BCUT2D eigenvalue weighted by atomic mass is 9.78. The highest BCUT2D eigenvalue weighted by molar-refractivity contribution is 6.35. The summed E-state index contributed by atoms with van der Waals surface area (Å²) in [6.45, 7) is 1.34. The van der Waals surface area contributed by atoms with Crippen molar-refractivity contribution >= 4 is 18.8 Å². The monoisotopic (exact) mass is 356 g/mol. The molecule has 0 N–H and O–H groups in total. The van der Waals surface area contributed by atoms with Crippen molar-refractivity contribution in [1.29, 1.82) is 0 Å². The van der Waals surface area contributed by atoms with Gasteiger partial charge in [-0.25, -0.2) is 13.0 Å². The molecule has 2 aromatic rings. The van der Waals surface area contributed by atoms with Gasteiger partial charge in [0.25, 0.3) is 0 Å². The van der Waals surface area contributed by atoms with E-state index in [1.54, 1.807) is 12.1 Å². The molecular formula is C20H16BF3O2. The molecule has 0 aromatic heterocycles. The summed E-state index contributed by atoms with van der Waals surface area (Å²) in [5.74, 6) is -1.24. The molecule has 1 aliphatic rings. The average Bonchev–Trinajstić information content (AvgIpc) is 2.61. The Morgan fingerprint density at radius 2 is 1.73 bits per heavy atom. The van der Waals surface area contributed by atoms with Crippen molar-refractivity contribution in [3.05, 3.63) is 88.9 Å². The molecule has 1 atom stereocenters. The van der Waals surface area contributed by atoms with Crippen LogP contribution in [-0.4, -0.2) is 13.3 Å². The van der Waals surface area contributed by atoms with Gasteiger partial charge < -0.3 is 4.65 Å². The minimum absolute atomic E-state index is 0.132. The molecule has 0 spiro atoms. The lowest BCUT2D eigenvalue weighted by molar-refractivity contribution is -0.114. The largest absolute Gasteiger partial charge is 0.796 e. The van der Waals surface area contributed by atoms with Crippen molar-refractivity contribution in [2.75, 3.05) is 0 Å². The molecule has 0 heterocycles. The second-order valence-electron chi connectivity index (χ2n) is 6.06. The van der Waals surface area contributed by atoms with Crippen molar-refractivity contribution in [3.8, 4) is 0 Å². The van der Waals surface area contributed by atoms with Crippen LogP contribution >= 0.6 is 0 Å². The molecule has 2 aromatic carbocycles. The SMILES string of the molecule is CC(=O)C1=C(OB(F)F)C=C(c2ccc(F)cc2)C[C@H]1c1ccccc1. The molecule has 2 nitrogen and oxygen atoms in total. The van der Waals surface area contributed by atoms with Crippen molar-refractivity contribution in [1.82, 2.24) is 0 Å². The summed E-state index contributed by atoms with van der Waals surface area (Å²) < 4.78 is 43.7. The molecule has 0 radical (unpaired) electrons. The summed E-state index contributed by atoms with van der Waals surface area (Å²) in [7, 11) is -3.04. The van der Waals surface area contributed by atoms with Crippen LogP contribution in [0.2, 0.25) is 0 Å². The van der Waals surface area contributed by atoms with Crippen molar-refractivity contribution in [3.63, 3.8) is 0 Å². The molecular weight excluding hydrogens is 340 g/mol. The lowest BCUT2D eigenvalue weighted by Crippen LogP contribution is -2.19. The first-order valence-electron chi connectivity index (χ1n) is 8.17. The number of ketones is 1. The number of rotatable bonds is 5. The van der Waals surface area contributed by atoms with Gasteiger partial charge in [-0.1, -0.05) is 42.5 Å². The first kappa shape index (κ1) is 18.0. The fourth-order valence-corrected chi connectivity index (χ4v) is 3.24. The topological polar surface area (TPSA) is 26.3 Å². The van der Waals surface area contributed by atoms with Crippen molar-refractivity contribution < 1.29 is 22.5 Å². The van der Waals surface area contributed by atoms with Gasteiger partial charge >= 0.3 is 7.47 Å². The first-order chi connectivity index (χ1) is 12.5. The van der Waals surface area contributed by atoms with Crippen LogP contribution in [0.5, 0.6) is 0 Å². The van der Waals surface area contributed by atoms with Gasteiger partial charge in [-0.15, -0.1) is 0 Å². The van der Waals surface area contributed by atoms with Gasteiger partial charge in [0.15, 0.2) is 5.78 Å². The fourth-order valence-electron chi connectivity index (χ4n) is 3.24. The summed E-state index contributed by atoms with van der Waals surface area (Å²) in [6.07, 6.45) is 1.89. The zero-order valence-electron chi connectivity index (χ0n) is 14.1. The number of carbonyl (C=O) groups excluding carboxylic acids is 1. The van der Waals surface area contributed by atoms with E-state index in [9.17, 15) is 17.8 Å².